The van der Waals surface area contributed by atoms with E-state index in [1.807, 2.05) is 18.2 Å². The molecule has 18 heavy (non-hydrogen) atoms. The van der Waals surface area contributed by atoms with Gasteiger partial charge in [-0.25, -0.2) is 0 Å². The largest absolute Gasteiger partial charge is 0.391 e. The zero-order valence-electron chi connectivity index (χ0n) is 10.1. The molecule has 3 atom stereocenters. The summed E-state index contributed by atoms with van der Waals surface area (Å²) in [5.74, 6) is -0.0640. The highest BCUT2D eigenvalue weighted by molar-refractivity contribution is 5.96. The maximum Gasteiger partial charge on any atom is 0.254 e. The molecule has 1 aromatic carbocycles. The van der Waals surface area contributed by atoms with E-state index in [0.717, 1.165) is 12.0 Å². The Hall–Kier alpha value is -1.39. The summed E-state index contributed by atoms with van der Waals surface area (Å²) in [6.07, 6.45) is 0.570. The lowest BCUT2D eigenvalue weighted by molar-refractivity contribution is -0.0394. The van der Waals surface area contributed by atoms with Crippen molar-refractivity contribution in [1.82, 2.24) is 4.90 Å². The van der Waals surface area contributed by atoms with Crippen LogP contribution in [0, 0.1) is 0 Å². The summed E-state index contributed by atoms with van der Waals surface area (Å²) < 4.78 is 0. The van der Waals surface area contributed by atoms with Crippen molar-refractivity contribution in [3.63, 3.8) is 0 Å². The van der Waals surface area contributed by atoms with Gasteiger partial charge in [-0.3, -0.25) is 4.79 Å². The van der Waals surface area contributed by atoms with Gasteiger partial charge in [0.15, 0.2) is 0 Å². The molecule has 0 aliphatic carbocycles. The van der Waals surface area contributed by atoms with E-state index in [-0.39, 0.29) is 5.91 Å². The molecule has 1 saturated heterocycles. The molecule has 4 nitrogen and oxygen atoms in total. The summed E-state index contributed by atoms with van der Waals surface area (Å²) in [5.41, 5.74) is 1.53. The Morgan fingerprint density at radius 1 is 1.17 bits per heavy atom. The van der Waals surface area contributed by atoms with Crippen LogP contribution >= 0.6 is 0 Å². The molecule has 96 valence electrons. The van der Waals surface area contributed by atoms with Crippen LogP contribution in [0.3, 0.4) is 0 Å². The Bertz CT molecular complexity index is 474. The van der Waals surface area contributed by atoms with Gasteiger partial charge in [0.2, 0.25) is 0 Å². The molecule has 1 aromatic rings. The number of nitrogens with zero attached hydrogens (tertiary/aromatic N) is 1. The van der Waals surface area contributed by atoms with E-state index < -0.39 is 18.2 Å². The van der Waals surface area contributed by atoms with Crippen molar-refractivity contribution in [2.24, 2.45) is 0 Å². The quantitative estimate of drug-likeness (QED) is 0.704. The number of piperidine rings is 1. The average Bonchev–Trinajstić information content (AvgIpc) is 2.47. The third-order valence-corrected chi connectivity index (χ3v) is 3.98. The molecule has 4 heteroatoms. The summed E-state index contributed by atoms with van der Waals surface area (Å²) in [4.78, 5) is 14.1. The number of carbonyl (C=O) groups excluding carboxylic acids is 1. The lowest BCUT2D eigenvalue weighted by Gasteiger charge is -2.40. The van der Waals surface area contributed by atoms with Gasteiger partial charge in [0.1, 0.15) is 0 Å². The molecule has 0 radical (unpaired) electrons. The molecule has 0 spiro atoms. The molecule has 0 aromatic heterocycles. The van der Waals surface area contributed by atoms with E-state index in [1.165, 1.54) is 0 Å². The summed E-state index contributed by atoms with van der Waals surface area (Å²) in [6, 6.07) is 6.93. The molecular weight excluding hydrogens is 230 g/mol. The predicted octanol–water partition coefficient (Wildman–Crippen LogP) is 0.569. The second-order valence-corrected chi connectivity index (χ2v) is 5.13. The fourth-order valence-electron chi connectivity index (χ4n) is 3.11. The molecule has 3 unspecified atom stereocenters. The van der Waals surface area contributed by atoms with Crippen LogP contribution in [0.25, 0.3) is 0 Å². The van der Waals surface area contributed by atoms with Gasteiger partial charge in [-0.15, -0.1) is 0 Å². The second-order valence-electron chi connectivity index (χ2n) is 5.13. The first-order valence-electron chi connectivity index (χ1n) is 6.43. The van der Waals surface area contributed by atoms with Gasteiger partial charge in [0.25, 0.3) is 5.91 Å². The Labute approximate surface area is 106 Å². The van der Waals surface area contributed by atoms with Crippen molar-refractivity contribution < 1.29 is 15.0 Å². The smallest absolute Gasteiger partial charge is 0.254 e. The fourth-order valence-corrected chi connectivity index (χ4v) is 3.11. The van der Waals surface area contributed by atoms with Gasteiger partial charge < -0.3 is 15.1 Å². The van der Waals surface area contributed by atoms with E-state index in [4.69, 9.17) is 0 Å². The van der Waals surface area contributed by atoms with Crippen LogP contribution in [0.4, 0.5) is 0 Å². The minimum Gasteiger partial charge on any atom is -0.391 e. The van der Waals surface area contributed by atoms with Gasteiger partial charge in [-0.1, -0.05) is 18.2 Å². The minimum absolute atomic E-state index is 0.0640. The number of carbonyl (C=O) groups is 1. The molecule has 2 N–H and O–H groups in total. The highest BCUT2D eigenvalue weighted by Crippen LogP contribution is 2.29. The van der Waals surface area contributed by atoms with Crippen LogP contribution < -0.4 is 0 Å². The average molecular weight is 247 g/mol. The fraction of sp³-hybridized carbons (Fsp3) is 0.500. The number of hydrogen-bond donors (Lipinski definition) is 2. The zero-order chi connectivity index (χ0) is 12.7. The first kappa shape index (κ1) is 11.7. The Morgan fingerprint density at radius 3 is 2.78 bits per heavy atom. The molecule has 0 saturated carbocycles. The van der Waals surface area contributed by atoms with Crippen LogP contribution in [-0.4, -0.2) is 45.8 Å². The SMILES string of the molecule is O=C1c2ccccc2CC(O)C2C(O)CCCN12. The first-order chi connectivity index (χ1) is 8.68. The third-order valence-electron chi connectivity index (χ3n) is 3.98. The van der Waals surface area contributed by atoms with Crippen LogP contribution in [0.1, 0.15) is 28.8 Å². The van der Waals surface area contributed by atoms with E-state index in [1.54, 1.807) is 11.0 Å². The van der Waals surface area contributed by atoms with Gasteiger partial charge in [0, 0.05) is 18.5 Å². The van der Waals surface area contributed by atoms with E-state index in [9.17, 15) is 15.0 Å². The Kier molecular flexibility index (Phi) is 2.84. The first-order valence-corrected chi connectivity index (χ1v) is 6.43. The van der Waals surface area contributed by atoms with Gasteiger partial charge >= 0.3 is 0 Å². The van der Waals surface area contributed by atoms with Crippen molar-refractivity contribution in [3.05, 3.63) is 35.4 Å². The predicted molar refractivity (Wildman–Crippen MR) is 66.2 cm³/mol. The number of aliphatic hydroxyl groups excluding tert-OH is 2. The van der Waals surface area contributed by atoms with Crippen LogP contribution in [0.5, 0.6) is 0 Å². The molecule has 2 heterocycles. The van der Waals surface area contributed by atoms with Crippen molar-refractivity contribution in [2.45, 2.75) is 37.5 Å². The normalized spacial score (nSPS) is 31.6. The summed E-state index contributed by atoms with van der Waals surface area (Å²) in [5, 5.41) is 20.3. The number of amides is 1. The summed E-state index contributed by atoms with van der Waals surface area (Å²) >= 11 is 0. The molecule has 0 bridgehead atoms. The maximum atomic E-state index is 12.5. The van der Waals surface area contributed by atoms with Crippen molar-refractivity contribution in [1.29, 1.82) is 0 Å². The monoisotopic (exact) mass is 247 g/mol. The van der Waals surface area contributed by atoms with Crippen LogP contribution in [-0.2, 0) is 6.42 Å². The van der Waals surface area contributed by atoms with E-state index >= 15 is 0 Å². The highest BCUT2D eigenvalue weighted by atomic mass is 16.3. The maximum absolute atomic E-state index is 12.5. The minimum atomic E-state index is -0.687. The second kappa shape index (κ2) is 4.37. The van der Waals surface area contributed by atoms with Crippen molar-refractivity contribution >= 4 is 5.91 Å². The van der Waals surface area contributed by atoms with Gasteiger partial charge in [-0.05, 0) is 24.5 Å². The van der Waals surface area contributed by atoms with Crippen molar-refractivity contribution in [2.75, 3.05) is 6.54 Å². The van der Waals surface area contributed by atoms with Crippen LogP contribution in [0.15, 0.2) is 24.3 Å². The standard InChI is InChI=1S/C14H17NO3/c16-11-6-3-7-15-13(11)12(17)8-9-4-1-2-5-10(9)14(15)18/h1-2,4-5,11-13,16-17H,3,6-8H2. The van der Waals surface area contributed by atoms with E-state index in [2.05, 4.69) is 0 Å². The topological polar surface area (TPSA) is 60.8 Å². The molecule has 1 fully saturated rings. The molecule has 1 amide bonds. The number of benzene rings is 1. The zero-order valence-corrected chi connectivity index (χ0v) is 10.1. The highest BCUT2D eigenvalue weighted by Gasteiger charge is 2.41. The van der Waals surface area contributed by atoms with E-state index in [0.29, 0.717) is 24.9 Å². The van der Waals surface area contributed by atoms with Gasteiger partial charge in [0.05, 0.1) is 18.2 Å². The van der Waals surface area contributed by atoms with Crippen molar-refractivity contribution in [3.8, 4) is 0 Å². The molecular formula is C14H17NO3. The summed E-state index contributed by atoms with van der Waals surface area (Å²) in [6.45, 7) is 0.617. The number of fused-ring (bicyclic) bond motifs is 2. The number of aliphatic hydroxyl groups is 2. The molecule has 3 rings (SSSR count). The molecule has 2 aliphatic rings. The third kappa shape index (κ3) is 1.72. The Balaban J connectivity index is 2.05. The van der Waals surface area contributed by atoms with Gasteiger partial charge in [-0.2, -0.15) is 0 Å². The summed E-state index contributed by atoms with van der Waals surface area (Å²) in [7, 11) is 0. The number of rotatable bonds is 0. The Morgan fingerprint density at radius 2 is 1.94 bits per heavy atom. The lowest BCUT2D eigenvalue weighted by atomic mass is 9.93. The lowest BCUT2D eigenvalue weighted by Crippen LogP contribution is -2.55. The molecule has 2 aliphatic heterocycles. The number of hydrogen-bond acceptors (Lipinski definition) is 3. The van der Waals surface area contributed by atoms with Crippen LogP contribution in [0.2, 0.25) is 0 Å².